The fourth-order valence-corrected chi connectivity index (χ4v) is 2.56. The van der Waals surface area contributed by atoms with Crippen LogP contribution in [0.25, 0.3) is 0 Å². The van der Waals surface area contributed by atoms with Crippen molar-refractivity contribution in [3.8, 4) is 0 Å². The molecule has 1 N–H and O–H groups in total. The van der Waals surface area contributed by atoms with Gasteiger partial charge in [0, 0.05) is 19.0 Å². The van der Waals surface area contributed by atoms with Crippen LogP contribution >= 0.6 is 0 Å². The Morgan fingerprint density at radius 2 is 1.88 bits per heavy atom. The lowest BCUT2D eigenvalue weighted by Gasteiger charge is -2.35. The monoisotopic (exact) mass is 243 g/mol. The SMILES string of the molecule is CCN(C(=O)OC)[C@H]1CC[C@H](CC(=O)O)CC1. The van der Waals surface area contributed by atoms with Gasteiger partial charge in [0.15, 0.2) is 0 Å². The second-order valence-electron chi connectivity index (χ2n) is 4.53. The molecule has 0 aromatic rings. The molecule has 5 heteroatoms. The van der Waals surface area contributed by atoms with E-state index < -0.39 is 5.97 Å². The van der Waals surface area contributed by atoms with Crippen LogP contribution in [0.4, 0.5) is 4.79 Å². The van der Waals surface area contributed by atoms with Gasteiger partial charge in [-0.1, -0.05) is 0 Å². The van der Waals surface area contributed by atoms with Crippen molar-refractivity contribution in [3.05, 3.63) is 0 Å². The molecule has 0 saturated heterocycles. The molecule has 1 saturated carbocycles. The molecule has 0 radical (unpaired) electrons. The number of carboxylic acid groups (broad SMARTS) is 1. The number of carbonyl (C=O) groups is 2. The molecule has 1 rings (SSSR count). The average molecular weight is 243 g/mol. The van der Waals surface area contributed by atoms with Gasteiger partial charge in [-0.2, -0.15) is 0 Å². The molecular weight excluding hydrogens is 222 g/mol. The van der Waals surface area contributed by atoms with Crippen LogP contribution < -0.4 is 0 Å². The van der Waals surface area contributed by atoms with E-state index in [1.165, 1.54) is 7.11 Å². The lowest BCUT2D eigenvalue weighted by atomic mass is 9.83. The Hall–Kier alpha value is -1.26. The fraction of sp³-hybridized carbons (Fsp3) is 0.833. The maximum atomic E-state index is 11.5. The predicted octanol–water partition coefficient (Wildman–Crippen LogP) is 2.11. The van der Waals surface area contributed by atoms with Crippen LogP contribution in [0.3, 0.4) is 0 Å². The summed E-state index contributed by atoms with van der Waals surface area (Å²) in [4.78, 5) is 23.9. The molecule has 98 valence electrons. The van der Waals surface area contributed by atoms with E-state index in [1.807, 2.05) is 6.92 Å². The summed E-state index contributed by atoms with van der Waals surface area (Å²) < 4.78 is 4.74. The van der Waals surface area contributed by atoms with Crippen molar-refractivity contribution in [1.29, 1.82) is 0 Å². The minimum atomic E-state index is -0.728. The standard InChI is InChI=1S/C12H21NO4/c1-3-13(12(16)17-2)10-6-4-9(5-7-10)8-11(14)15/h9-10H,3-8H2,1-2H3,(H,14,15)/t9-,10-. The first-order valence-electron chi connectivity index (χ1n) is 6.14. The van der Waals surface area contributed by atoms with E-state index in [0.29, 0.717) is 6.54 Å². The Labute approximate surface area is 102 Å². The highest BCUT2D eigenvalue weighted by Gasteiger charge is 2.29. The van der Waals surface area contributed by atoms with E-state index in [2.05, 4.69) is 0 Å². The van der Waals surface area contributed by atoms with Crippen LogP contribution in [-0.2, 0) is 9.53 Å². The second kappa shape index (κ2) is 6.47. The van der Waals surface area contributed by atoms with E-state index in [9.17, 15) is 9.59 Å². The second-order valence-corrected chi connectivity index (χ2v) is 4.53. The number of hydrogen-bond donors (Lipinski definition) is 1. The van der Waals surface area contributed by atoms with E-state index in [1.54, 1.807) is 4.90 Å². The molecule has 17 heavy (non-hydrogen) atoms. The van der Waals surface area contributed by atoms with E-state index in [4.69, 9.17) is 9.84 Å². The maximum Gasteiger partial charge on any atom is 0.409 e. The first-order valence-corrected chi connectivity index (χ1v) is 6.14. The smallest absolute Gasteiger partial charge is 0.409 e. The highest BCUT2D eigenvalue weighted by atomic mass is 16.5. The number of amides is 1. The number of rotatable bonds is 4. The van der Waals surface area contributed by atoms with Crippen molar-refractivity contribution < 1.29 is 19.4 Å². The molecule has 5 nitrogen and oxygen atoms in total. The Morgan fingerprint density at radius 1 is 1.29 bits per heavy atom. The number of aliphatic carboxylic acids is 1. The summed E-state index contributed by atoms with van der Waals surface area (Å²) in [5, 5.41) is 8.73. The molecule has 0 aliphatic heterocycles. The molecule has 0 bridgehead atoms. The van der Waals surface area contributed by atoms with Gasteiger partial charge in [0.25, 0.3) is 0 Å². The van der Waals surface area contributed by atoms with Gasteiger partial charge in [0.1, 0.15) is 0 Å². The molecule has 0 aromatic carbocycles. The minimum Gasteiger partial charge on any atom is -0.481 e. The Bertz CT molecular complexity index is 272. The van der Waals surface area contributed by atoms with Gasteiger partial charge < -0.3 is 14.7 Å². The Kier molecular flexibility index (Phi) is 5.25. The van der Waals surface area contributed by atoms with Gasteiger partial charge >= 0.3 is 12.1 Å². The lowest BCUT2D eigenvalue weighted by molar-refractivity contribution is -0.138. The zero-order valence-corrected chi connectivity index (χ0v) is 10.5. The largest absolute Gasteiger partial charge is 0.481 e. The van der Waals surface area contributed by atoms with E-state index in [-0.39, 0.29) is 24.5 Å². The molecule has 0 aromatic heterocycles. The van der Waals surface area contributed by atoms with Crippen LogP contribution in [0.15, 0.2) is 0 Å². The Balaban J connectivity index is 2.44. The van der Waals surface area contributed by atoms with Crippen molar-refractivity contribution in [2.75, 3.05) is 13.7 Å². The highest BCUT2D eigenvalue weighted by Crippen LogP contribution is 2.29. The van der Waals surface area contributed by atoms with Crippen LogP contribution in [0.5, 0.6) is 0 Å². The molecule has 1 aliphatic carbocycles. The third-order valence-corrected chi connectivity index (χ3v) is 3.47. The third kappa shape index (κ3) is 3.91. The third-order valence-electron chi connectivity index (χ3n) is 3.47. The highest BCUT2D eigenvalue weighted by molar-refractivity contribution is 5.68. The molecule has 1 aliphatic rings. The van der Waals surface area contributed by atoms with Crippen molar-refractivity contribution in [1.82, 2.24) is 4.90 Å². The summed E-state index contributed by atoms with van der Waals surface area (Å²) in [5.74, 6) is -0.464. The summed E-state index contributed by atoms with van der Waals surface area (Å²) in [6, 6.07) is 0.206. The van der Waals surface area contributed by atoms with Crippen molar-refractivity contribution in [2.45, 2.75) is 45.1 Å². The number of carbonyl (C=O) groups excluding carboxylic acids is 1. The predicted molar refractivity (Wildman–Crippen MR) is 62.8 cm³/mol. The zero-order chi connectivity index (χ0) is 12.8. The summed E-state index contributed by atoms with van der Waals surface area (Å²) in [6.07, 6.45) is 3.47. The van der Waals surface area contributed by atoms with Crippen LogP contribution in [0, 0.1) is 5.92 Å². The van der Waals surface area contributed by atoms with Crippen molar-refractivity contribution in [2.24, 2.45) is 5.92 Å². The molecule has 0 heterocycles. The van der Waals surface area contributed by atoms with E-state index >= 15 is 0 Å². The molecule has 0 spiro atoms. The molecule has 1 fully saturated rings. The molecule has 0 atom stereocenters. The summed E-state index contributed by atoms with van der Waals surface area (Å²) in [6.45, 7) is 2.57. The normalized spacial score (nSPS) is 24.1. The summed E-state index contributed by atoms with van der Waals surface area (Å²) in [7, 11) is 1.39. The Morgan fingerprint density at radius 3 is 2.29 bits per heavy atom. The number of hydrogen-bond acceptors (Lipinski definition) is 3. The van der Waals surface area contributed by atoms with Gasteiger partial charge in [0.2, 0.25) is 0 Å². The zero-order valence-electron chi connectivity index (χ0n) is 10.5. The number of nitrogens with zero attached hydrogens (tertiary/aromatic N) is 1. The van der Waals surface area contributed by atoms with Crippen LogP contribution in [-0.4, -0.2) is 41.8 Å². The van der Waals surface area contributed by atoms with Crippen molar-refractivity contribution in [3.63, 3.8) is 0 Å². The quantitative estimate of drug-likeness (QED) is 0.821. The summed E-state index contributed by atoms with van der Waals surface area (Å²) >= 11 is 0. The van der Waals surface area contributed by atoms with Crippen LogP contribution in [0.2, 0.25) is 0 Å². The maximum absolute atomic E-state index is 11.5. The van der Waals surface area contributed by atoms with Gasteiger partial charge in [0.05, 0.1) is 7.11 Å². The molecule has 0 unspecified atom stereocenters. The van der Waals surface area contributed by atoms with Crippen molar-refractivity contribution >= 4 is 12.1 Å². The minimum absolute atomic E-state index is 0.206. The number of carboxylic acids is 1. The van der Waals surface area contributed by atoms with E-state index in [0.717, 1.165) is 25.7 Å². The van der Waals surface area contributed by atoms with Gasteiger partial charge in [-0.3, -0.25) is 4.79 Å². The first-order chi connectivity index (χ1) is 8.08. The molecule has 1 amide bonds. The fourth-order valence-electron chi connectivity index (χ4n) is 2.56. The number of methoxy groups -OCH3 is 1. The van der Waals surface area contributed by atoms with Crippen LogP contribution in [0.1, 0.15) is 39.0 Å². The first kappa shape index (κ1) is 13.8. The van der Waals surface area contributed by atoms with Gasteiger partial charge in [-0.15, -0.1) is 0 Å². The average Bonchev–Trinajstić information content (AvgIpc) is 2.31. The lowest BCUT2D eigenvalue weighted by Crippen LogP contribution is -2.42. The van der Waals surface area contributed by atoms with Gasteiger partial charge in [-0.05, 0) is 38.5 Å². The summed E-state index contributed by atoms with van der Waals surface area (Å²) in [5.41, 5.74) is 0. The van der Waals surface area contributed by atoms with Gasteiger partial charge in [-0.25, -0.2) is 4.79 Å². The number of ether oxygens (including phenoxy) is 1. The molecular formula is C12H21NO4. The topological polar surface area (TPSA) is 66.8 Å².